The fourth-order valence-corrected chi connectivity index (χ4v) is 3.14. The molecule has 206 valence electrons. The van der Waals surface area contributed by atoms with Gasteiger partial charge in [0.25, 0.3) is 0 Å². The number of nitrogens with zero attached hydrogens (tertiary/aromatic N) is 4. The van der Waals surface area contributed by atoms with Crippen molar-refractivity contribution in [1.82, 2.24) is 19.6 Å². The highest BCUT2D eigenvalue weighted by Crippen LogP contribution is 1.98. The first kappa shape index (κ1) is 33.5. The smallest absolute Gasteiger partial charge is 0.143 e. The lowest BCUT2D eigenvalue weighted by Crippen LogP contribution is -2.44. The van der Waals surface area contributed by atoms with Crippen molar-refractivity contribution < 1.29 is 44.5 Å². The summed E-state index contributed by atoms with van der Waals surface area (Å²) in [6.07, 6.45) is 0. The molecule has 0 aromatic rings. The minimum atomic E-state index is -0.334. The van der Waals surface area contributed by atoms with Gasteiger partial charge in [-0.25, -0.2) is 0 Å². The van der Waals surface area contributed by atoms with E-state index in [1.54, 1.807) is 0 Å². The summed E-state index contributed by atoms with van der Waals surface area (Å²) >= 11 is 0. The molecule has 0 bridgehead atoms. The van der Waals surface area contributed by atoms with Gasteiger partial charge < -0.3 is 44.5 Å². The molecule has 0 aromatic carbocycles. The van der Waals surface area contributed by atoms with Crippen LogP contribution in [0.3, 0.4) is 0 Å². The average Bonchev–Trinajstić information content (AvgIpc) is 2.85. The lowest BCUT2D eigenvalue weighted by molar-refractivity contribution is -0.0269. The quantitative estimate of drug-likeness (QED) is 0.0577. The molecule has 0 fully saturated rings. The molecule has 0 spiro atoms. The highest BCUT2D eigenvalue weighted by Gasteiger charge is 2.13. The van der Waals surface area contributed by atoms with Gasteiger partial charge in [0.2, 0.25) is 0 Å². The third-order valence-electron chi connectivity index (χ3n) is 5.28. The van der Waals surface area contributed by atoms with Crippen LogP contribution in [0, 0.1) is 0 Å². The maximum atomic E-state index is 9.83. The molecule has 0 saturated carbocycles. The number of rotatable bonds is 27. The third kappa shape index (κ3) is 19.8. The molecule has 0 radical (unpaired) electrons. The highest BCUT2D eigenvalue weighted by atomic mass is 16.6. The SMILES string of the molecule is CCOCCN(CO)CCN(CCOCO)CCN(CO)CCN(CCOCO)CCOCO. The molecule has 34 heavy (non-hydrogen) atoms. The Hall–Kier alpha value is -0.520. The lowest BCUT2D eigenvalue weighted by atomic mass is 10.3. The first-order valence-electron chi connectivity index (χ1n) is 11.9. The predicted molar refractivity (Wildman–Crippen MR) is 126 cm³/mol. The van der Waals surface area contributed by atoms with E-state index in [1.807, 2.05) is 16.7 Å². The number of aliphatic hydroxyl groups is 5. The normalized spacial score (nSPS) is 12.2. The third-order valence-corrected chi connectivity index (χ3v) is 5.28. The van der Waals surface area contributed by atoms with Crippen LogP contribution in [0.4, 0.5) is 0 Å². The van der Waals surface area contributed by atoms with Crippen molar-refractivity contribution in [2.75, 3.05) is 132 Å². The molecule has 0 heterocycles. The second kappa shape index (κ2) is 25.6. The van der Waals surface area contributed by atoms with Crippen molar-refractivity contribution in [2.45, 2.75) is 6.92 Å². The van der Waals surface area contributed by atoms with Gasteiger partial charge in [-0.2, -0.15) is 0 Å². The molecule has 0 amide bonds. The zero-order chi connectivity index (χ0) is 25.3. The summed E-state index contributed by atoms with van der Waals surface area (Å²) in [7, 11) is 0. The van der Waals surface area contributed by atoms with Gasteiger partial charge >= 0.3 is 0 Å². The number of hydrogen-bond donors (Lipinski definition) is 5. The van der Waals surface area contributed by atoms with E-state index < -0.39 is 0 Å². The van der Waals surface area contributed by atoms with Gasteiger partial charge in [-0.3, -0.25) is 19.6 Å². The van der Waals surface area contributed by atoms with Gasteiger partial charge in [-0.05, 0) is 6.92 Å². The number of ether oxygens (including phenoxy) is 4. The molecule has 0 aliphatic heterocycles. The van der Waals surface area contributed by atoms with Crippen molar-refractivity contribution in [3.63, 3.8) is 0 Å². The van der Waals surface area contributed by atoms with Crippen LogP contribution in [0.5, 0.6) is 0 Å². The number of hydrogen-bond acceptors (Lipinski definition) is 13. The van der Waals surface area contributed by atoms with Crippen molar-refractivity contribution in [2.24, 2.45) is 0 Å². The van der Waals surface area contributed by atoms with Crippen LogP contribution in [0.1, 0.15) is 6.92 Å². The van der Waals surface area contributed by atoms with Crippen LogP contribution in [0.2, 0.25) is 0 Å². The Labute approximate surface area is 204 Å². The summed E-state index contributed by atoms with van der Waals surface area (Å²) < 4.78 is 20.5. The Bertz CT molecular complexity index is 406. The molecule has 0 aliphatic rings. The standard InChI is InChI=1S/C21H48N4O9/c1-2-31-13-12-25(18-27)8-4-22(9-14-32-19-28)3-6-24(17-26)7-5-23(10-15-33-20-29)11-16-34-21-30/h26-30H,2-21H2,1H3. The van der Waals surface area contributed by atoms with Gasteiger partial charge in [0.05, 0.1) is 39.9 Å². The maximum Gasteiger partial charge on any atom is 0.143 e. The molecule has 0 aromatic heterocycles. The van der Waals surface area contributed by atoms with Crippen LogP contribution in [-0.2, 0) is 18.9 Å². The first-order chi connectivity index (χ1) is 16.6. The fourth-order valence-electron chi connectivity index (χ4n) is 3.14. The Morgan fingerprint density at radius 3 is 1.06 bits per heavy atom. The van der Waals surface area contributed by atoms with Crippen molar-refractivity contribution in [1.29, 1.82) is 0 Å². The lowest BCUT2D eigenvalue weighted by Gasteiger charge is -2.30. The van der Waals surface area contributed by atoms with Crippen molar-refractivity contribution in [3.8, 4) is 0 Å². The Kier molecular flexibility index (Phi) is 25.2. The fraction of sp³-hybridized carbons (Fsp3) is 1.00. The van der Waals surface area contributed by atoms with Gasteiger partial charge in [0.1, 0.15) is 20.4 Å². The predicted octanol–water partition coefficient (Wildman–Crippen LogP) is -2.97. The molecule has 0 unspecified atom stereocenters. The topological polar surface area (TPSA) is 151 Å². The van der Waals surface area contributed by atoms with Gasteiger partial charge in [-0.15, -0.1) is 0 Å². The van der Waals surface area contributed by atoms with E-state index in [1.165, 1.54) is 0 Å². The van der Waals surface area contributed by atoms with E-state index in [4.69, 9.17) is 34.3 Å². The highest BCUT2D eigenvalue weighted by molar-refractivity contribution is 4.67. The summed E-state index contributed by atoms with van der Waals surface area (Å²) in [6, 6.07) is 0. The largest absolute Gasteiger partial charge is 0.381 e. The van der Waals surface area contributed by atoms with E-state index in [-0.39, 0.29) is 33.8 Å². The van der Waals surface area contributed by atoms with Crippen LogP contribution in [0.25, 0.3) is 0 Å². The molecule has 0 rings (SSSR count). The summed E-state index contributed by atoms with van der Waals surface area (Å²) in [5.74, 6) is 0. The zero-order valence-corrected chi connectivity index (χ0v) is 20.8. The zero-order valence-electron chi connectivity index (χ0n) is 20.8. The molecule has 5 N–H and O–H groups in total. The second-order valence-electron chi connectivity index (χ2n) is 7.51. The van der Waals surface area contributed by atoms with Gasteiger partial charge in [0.15, 0.2) is 0 Å². The van der Waals surface area contributed by atoms with E-state index in [0.717, 1.165) is 0 Å². The molecular weight excluding hydrogens is 452 g/mol. The van der Waals surface area contributed by atoms with Crippen molar-refractivity contribution >= 4 is 0 Å². The molecule has 13 nitrogen and oxygen atoms in total. The molecule has 0 aliphatic carbocycles. The monoisotopic (exact) mass is 500 g/mol. The summed E-state index contributed by atoms with van der Waals surface area (Å²) in [5, 5.41) is 45.9. The first-order valence-corrected chi connectivity index (χ1v) is 11.9. The summed E-state index contributed by atoms with van der Waals surface area (Å²) in [4.78, 5) is 8.08. The summed E-state index contributed by atoms with van der Waals surface area (Å²) in [6.45, 7) is 9.53. The van der Waals surface area contributed by atoms with E-state index in [9.17, 15) is 10.2 Å². The van der Waals surface area contributed by atoms with E-state index in [0.29, 0.717) is 98.5 Å². The van der Waals surface area contributed by atoms with Crippen molar-refractivity contribution in [3.05, 3.63) is 0 Å². The second-order valence-corrected chi connectivity index (χ2v) is 7.51. The summed E-state index contributed by atoms with van der Waals surface area (Å²) in [5.41, 5.74) is 0. The average molecular weight is 501 g/mol. The molecule has 0 saturated heterocycles. The van der Waals surface area contributed by atoms with Gasteiger partial charge in [-0.1, -0.05) is 0 Å². The van der Waals surface area contributed by atoms with Crippen LogP contribution < -0.4 is 0 Å². The van der Waals surface area contributed by atoms with E-state index in [2.05, 4.69) is 9.80 Å². The van der Waals surface area contributed by atoms with Crippen LogP contribution in [-0.4, -0.2) is 177 Å². The minimum Gasteiger partial charge on any atom is -0.381 e. The Balaban J connectivity index is 4.61. The molecule has 13 heteroatoms. The Morgan fingerprint density at radius 2 is 0.706 bits per heavy atom. The van der Waals surface area contributed by atoms with E-state index >= 15 is 0 Å². The minimum absolute atomic E-state index is 0.0490. The van der Waals surface area contributed by atoms with Crippen LogP contribution >= 0.6 is 0 Å². The molecular formula is C21H48N4O9. The van der Waals surface area contributed by atoms with Crippen LogP contribution in [0.15, 0.2) is 0 Å². The Morgan fingerprint density at radius 1 is 0.412 bits per heavy atom. The van der Waals surface area contributed by atoms with Gasteiger partial charge in [0, 0.05) is 72.1 Å². The maximum absolute atomic E-state index is 9.83. The number of aliphatic hydroxyl groups excluding tert-OH is 5. The molecule has 0 atom stereocenters.